The fraction of sp³-hybridized carbons (Fsp3) is 0. The van der Waals surface area contributed by atoms with Crippen LogP contribution in [-0.4, -0.2) is 15.8 Å². The fourth-order valence-corrected chi connectivity index (χ4v) is 1.40. The van der Waals surface area contributed by atoms with Crippen LogP contribution in [-0.2, 0) is 0 Å². The van der Waals surface area contributed by atoms with Crippen LogP contribution in [0.2, 0.25) is 5.02 Å². The van der Waals surface area contributed by atoms with Gasteiger partial charge in [0.05, 0.1) is 11.1 Å². The molecule has 0 radical (unpaired) electrons. The van der Waals surface area contributed by atoms with Crippen LogP contribution < -0.4 is 0 Å². The normalized spacial score (nSPS) is 10.1. The van der Waals surface area contributed by atoms with Crippen molar-refractivity contribution in [3.8, 4) is 0 Å². The van der Waals surface area contributed by atoms with Crippen LogP contribution in [0.3, 0.4) is 0 Å². The number of halogens is 2. The second kappa shape index (κ2) is 4.37. The monoisotopic (exact) mass is 236 g/mol. The average Bonchev–Trinajstić information content (AvgIpc) is 2.29. The Hall–Kier alpha value is -1.81. The molecule has 16 heavy (non-hydrogen) atoms. The van der Waals surface area contributed by atoms with E-state index in [-0.39, 0.29) is 16.1 Å². The number of ketones is 1. The summed E-state index contributed by atoms with van der Waals surface area (Å²) in [5.74, 6) is -1.11. The smallest absolute Gasteiger partial charge is 0.199 e. The van der Waals surface area contributed by atoms with Gasteiger partial charge in [-0.1, -0.05) is 11.6 Å². The summed E-state index contributed by atoms with van der Waals surface area (Å²) in [6.07, 6.45) is 3.97. The number of hydrogen-bond acceptors (Lipinski definition) is 3. The Kier molecular flexibility index (Phi) is 2.92. The third-order valence-corrected chi connectivity index (χ3v) is 2.23. The highest BCUT2D eigenvalue weighted by Gasteiger charge is 2.14. The zero-order chi connectivity index (χ0) is 11.5. The van der Waals surface area contributed by atoms with Crippen LogP contribution in [0.15, 0.2) is 36.9 Å². The molecule has 0 spiro atoms. The van der Waals surface area contributed by atoms with Gasteiger partial charge in [-0.25, -0.2) is 14.4 Å². The highest BCUT2D eigenvalue weighted by Crippen LogP contribution is 2.17. The Balaban J connectivity index is 2.42. The molecular formula is C11H6ClFN2O. The van der Waals surface area contributed by atoms with Gasteiger partial charge in [-0.05, 0) is 18.2 Å². The molecule has 1 aromatic heterocycles. The molecule has 0 aliphatic heterocycles. The largest absolute Gasteiger partial charge is 0.288 e. The summed E-state index contributed by atoms with van der Waals surface area (Å²) in [7, 11) is 0. The maximum absolute atomic E-state index is 13.4. The van der Waals surface area contributed by atoms with Gasteiger partial charge in [-0.15, -0.1) is 0 Å². The Morgan fingerprint density at radius 3 is 2.56 bits per heavy atom. The lowest BCUT2D eigenvalue weighted by atomic mass is 10.1. The zero-order valence-corrected chi connectivity index (χ0v) is 8.78. The molecule has 0 amide bonds. The van der Waals surface area contributed by atoms with Gasteiger partial charge in [-0.3, -0.25) is 4.79 Å². The molecule has 0 saturated heterocycles. The van der Waals surface area contributed by atoms with Crippen LogP contribution in [0.25, 0.3) is 0 Å². The molecule has 0 fully saturated rings. The van der Waals surface area contributed by atoms with Crippen molar-refractivity contribution in [2.45, 2.75) is 0 Å². The van der Waals surface area contributed by atoms with Crippen LogP contribution >= 0.6 is 11.6 Å². The minimum atomic E-state index is -0.652. The maximum Gasteiger partial charge on any atom is 0.199 e. The average molecular weight is 237 g/mol. The minimum Gasteiger partial charge on any atom is -0.288 e. The maximum atomic E-state index is 13.4. The SMILES string of the molecule is O=C(c1cncnc1)c1ccc(Cl)cc1F. The van der Waals surface area contributed by atoms with Crippen molar-refractivity contribution in [3.63, 3.8) is 0 Å². The molecule has 0 bridgehead atoms. The van der Waals surface area contributed by atoms with E-state index >= 15 is 0 Å². The number of carbonyl (C=O) groups is 1. The van der Waals surface area contributed by atoms with Gasteiger partial charge in [-0.2, -0.15) is 0 Å². The summed E-state index contributed by atoms with van der Waals surface area (Å²) in [4.78, 5) is 19.2. The van der Waals surface area contributed by atoms with Crippen molar-refractivity contribution in [3.05, 3.63) is 58.9 Å². The molecular weight excluding hydrogens is 231 g/mol. The molecule has 0 N–H and O–H groups in total. The van der Waals surface area contributed by atoms with Crippen molar-refractivity contribution in [1.29, 1.82) is 0 Å². The van der Waals surface area contributed by atoms with E-state index in [0.29, 0.717) is 0 Å². The van der Waals surface area contributed by atoms with Gasteiger partial charge < -0.3 is 0 Å². The van der Waals surface area contributed by atoms with E-state index in [9.17, 15) is 9.18 Å². The van der Waals surface area contributed by atoms with Crippen molar-refractivity contribution in [1.82, 2.24) is 9.97 Å². The van der Waals surface area contributed by atoms with Crippen LogP contribution in [0, 0.1) is 5.82 Å². The van der Waals surface area contributed by atoms with E-state index in [0.717, 1.165) is 6.07 Å². The number of hydrogen-bond donors (Lipinski definition) is 0. The second-order valence-corrected chi connectivity index (χ2v) is 3.52. The zero-order valence-electron chi connectivity index (χ0n) is 8.02. The Morgan fingerprint density at radius 1 is 1.25 bits per heavy atom. The molecule has 1 aromatic carbocycles. The summed E-state index contributed by atoms with van der Waals surface area (Å²) < 4.78 is 13.4. The van der Waals surface area contributed by atoms with E-state index < -0.39 is 11.6 Å². The highest BCUT2D eigenvalue weighted by molar-refractivity contribution is 6.30. The van der Waals surface area contributed by atoms with E-state index in [4.69, 9.17) is 11.6 Å². The summed E-state index contributed by atoms with van der Waals surface area (Å²) in [5, 5.41) is 0.248. The summed E-state index contributed by atoms with van der Waals surface area (Å²) in [6, 6.07) is 3.90. The van der Waals surface area contributed by atoms with Gasteiger partial charge in [0.25, 0.3) is 0 Å². The molecule has 0 aliphatic carbocycles. The van der Waals surface area contributed by atoms with Crippen molar-refractivity contribution >= 4 is 17.4 Å². The number of benzene rings is 1. The Morgan fingerprint density at radius 2 is 1.94 bits per heavy atom. The first-order valence-corrected chi connectivity index (χ1v) is 4.81. The first-order valence-electron chi connectivity index (χ1n) is 4.43. The predicted octanol–water partition coefficient (Wildman–Crippen LogP) is 2.50. The second-order valence-electron chi connectivity index (χ2n) is 3.08. The third kappa shape index (κ3) is 2.06. The van der Waals surface area contributed by atoms with Crippen molar-refractivity contribution < 1.29 is 9.18 Å². The Labute approximate surface area is 95.9 Å². The lowest BCUT2D eigenvalue weighted by molar-refractivity contribution is 0.103. The molecule has 0 unspecified atom stereocenters. The number of rotatable bonds is 2. The minimum absolute atomic E-state index is 0.0424. The van der Waals surface area contributed by atoms with Crippen LogP contribution in [0.5, 0.6) is 0 Å². The topological polar surface area (TPSA) is 42.9 Å². The standard InChI is InChI=1S/C11H6ClFN2O/c12-8-1-2-9(10(13)3-8)11(16)7-4-14-6-15-5-7/h1-6H. The molecule has 0 aliphatic rings. The van der Waals surface area contributed by atoms with Gasteiger partial charge >= 0.3 is 0 Å². The molecule has 3 nitrogen and oxygen atoms in total. The number of aromatic nitrogens is 2. The number of nitrogens with zero attached hydrogens (tertiary/aromatic N) is 2. The van der Waals surface area contributed by atoms with Crippen molar-refractivity contribution in [2.24, 2.45) is 0 Å². The summed E-state index contributed by atoms with van der Waals surface area (Å²) in [5.41, 5.74) is 0.197. The van der Waals surface area contributed by atoms with Gasteiger partial charge in [0, 0.05) is 17.4 Å². The van der Waals surface area contributed by atoms with Gasteiger partial charge in [0.2, 0.25) is 0 Å². The molecule has 1 heterocycles. The summed E-state index contributed by atoms with van der Waals surface area (Å²) in [6.45, 7) is 0. The summed E-state index contributed by atoms with van der Waals surface area (Å²) >= 11 is 5.59. The quantitative estimate of drug-likeness (QED) is 0.753. The molecule has 80 valence electrons. The molecule has 0 saturated carbocycles. The first kappa shape index (κ1) is 10.7. The fourth-order valence-electron chi connectivity index (χ4n) is 1.25. The highest BCUT2D eigenvalue weighted by atomic mass is 35.5. The first-order chi connectivity index (χ1) is 7.68. The van der Waals surface area contributed by atoms with E-state index in [1.807, 2.05) is 0 Å². The van der Waals surface area contributed by atoms with Crippen LogP contribution in [0.4, 0.5) is 4.39 Å². The van der Waals surface area contributed by atoms with E-state index in [1.54, 1.807) is 0 Å². The molecule has 5 heteroatoms. The third-order valence-electron chi connectivity index (χ3n) is 2.00. The molecule has 0 atom stereocenters. The van der Waals surface area contributed by atoms with E-state index in [2.05, 4.69) is 9.97 Å². The van der Waals surface area contributed by atoms with Gasteiger partial charge in [0.1, 0.15) is 12.1 Å². The number of carbonyl (C=O) groups excluding carboxylic acids is 1. The predicted molar refractivity (Wildman–Crippen MR) is 56.9 cm³/mol. The molecule has 2 rings (SSSR count). The lowest BCUT2D eigenvalue weighted by Gasteiger charge is -2.01. The lowest BCUT2D eigenvalue weighted by Crippen LogP contribution is -2.05. The van der Waals surface area contributed by atoms with Crippen molar-refractivity contribution in [2.75, 3.05) is 0 Å². The van der Waals surface area contributed by atoms with Crippen LogP contribution in [0.1, 0.15) is 15.9 Å². The Bertz CT molecular complexity index is 531. The van der Waals surface area contributed by atoms with E-state index in [1.165, 1.54) is 30.9 Å². The molecule has 2 aromatic rings. The van der Waals surface area contributed by atoms with Gasteiger partial charge in [0.15, 0.2) is 5.78 Å².